The van der Waals surface area contributed by atoms with Crippen molar-refractivity contribution >= 4 is 28.9 Å². The maximum absolute atomic E-state index is 10.2. The van der Waals surface area contributed by atoms with Gasteiger partial charge in [0.1, 0.15) is 12.0 Å². The Balaban J connectivity index is 2.18. The van der Waals surface area contributed by atoms with E-state index in [9.17, 15) is 4.79 Å². The van der Waals surface area contributed by atoms with E-state index < -0.39 is 0 Å². The first-order valence-electron chi connectivity index (χ1n) is 4.05. The molecule has 2 rings (SSSR count). The van der Waals surface area contributed by atoms with Crippen LogP contribution in [0.15, 0.2) is 34.9 Å². The van der Waals surface area contributed by atoms with Gasteiger partial charge in [-0.15, -0.1) is 0 Å². The maximum atomic E-state index is 10.2. The number of ether oxygens (including phenoxy) is 1. The Kier molecular flexibility index (Phi) is 3.00. The monoisotopic (exact) mass is 314 g/mol. The summed E-state index contributed by atoms with van der Waals surface area (Å²) in [5.41, 5.74) is 0.0932. The van der Waals surface area contributed by atoms with E-state index in [1.165, 1.54) is 6.26 Å². The lowest BCUT2D eigenvalue weighted by molar-refractivity contribution is 0.330. The molecule has 0 aliphatic rings. The van der Waals surface area contributed by atoms with Crippen LogP contribution in [-0.4, -0.2) is 11.3 Å². The highest BCUT2D eigenvalue weighted by Crippen LogP contribution is 2.21. The molecule has 0 fully saturated rings. The van der Waals surface area contributed by atoms with E-state index in [-0.39, 0.29) is 11.8 Å². The van der Waals surface area contributed by atoms with Gasteiger partial charge >= 0.3 is 6.08 Å². The van der Waals surface area contributed by atoms with Gasteiger partial charge in [-0.05, 0) is 40.8 Å². The third kappa shape index (κ3) is 2.56. The second kappa shape index (κ2) is 4.43. The Labute approximate surface area is 99.4 Å². The third-order valence-electron chi connectivity index (χ3n) is 1.59. The molecule has 1 aromatic carbocycles. The summed E-state index contributed by atoms with van der Waals surface area (Å²) in [5.74, 6) is 0.612. The summed E-state index contributed by atoms with van der Waals surface area (Å²) in [6.07, 6.45) is 2.84. The van der Waals surface area contributed by atoms with Crippen molar-refractivity contribution in [2.45, 2.75) is 0 Å². The fourth-order valence-electron chi connectivity index (χ4n) is 0.982. The summed E-state index contributed by atoms with van der Waals surface area (Å²) in [6, 6.07) is 7.39. The Morgan fingerprint density at radius 2 is 2.33 bits per heavy atom. The molecule has 0 bridgehead atoms. The van der Waals surface area contributed by atoms with Gasteiger partial charge in [-0.3, -0.25) is 4.79 Å². The first-order valence-corrected chi connectivity index (χ1v) is 5.13. The Hall–Kier alpha value is -1.37. The standard InChI is InChI=1S/C10H5INO3/c11-7-2-1-3-9(4-7)15-10-12-8(5-13)6-14-10/h1-4,6H. The van der Waals surface area contributed by atoms with Crippen LogP contribution in [0, 0.1) is 3.57 Å². The number of benzene rings is 1. The van der Waals surface area contributed by atoms with Crippen LogP contribution in [0.25, 0.3) is 0 Å². The molecule has 1 radical (unpaired) electrons. The normalized spacial score (nSPS) is 9.93. The minimum atomic E-state index is 0.0374. The number of halogens is 1. The fourth-order valence-corrected chi connectivity index (χ4v) is 1.50. The summed E-state index contributed by atoms with van der Waals surface area (Å²) in [6.45, 7) is 0. The zero-order valence-corrected chi connectivity index (χ0v) is 9.59. The number of oxazole rings is 1. The van der Waals surface area contributed by atoms with Crippen LogP contribution < -0.4 is 4.74 Å². The lowest BCUT2D eigenvalue weighted by atomic mass is 10.3. The molecule has 0 unspecified atom stereocenters. The van der Waals surface area contributed by atoms with Gasteiger partial charge in [0.15, 0.2) is 5.69 Å². The summed E-state index contributed by atoms with van der Waals surface area (Å²) in [4.78, 5) is 14.0. The lowest BCUT2D eigenvalue weighted by Gasteiger charge is -1.99. The molecule has 0 atom stereocenters. The summed E-state index contributed by atoms with van der Waals surface area (Å²) in [5, 5.41) is 0. The van der Waals surface area contributed by atoms with Crippen molar-refractivity contribution in [1.29, 1.82) is 0 Å². The molecule has 0 aliphatic carbocycles. The minimum absolute atomic E-state index is 0.0374. The van der Waals surface area contributed by atoms with E-state index in [1.54, 1.807) is 12.4 Å². The number of hydrogen-bond acceptors (Lipinski definition) is 4. The van der Waals surface area contributed by atoms with E-state index in [0.29, 0.717) is 5.75 Å². The van der Waals surface area contributed by atoms with Crippen molar-refractivity contribution in [3.63, 3.8) is 0 Å². The first-order chi connectivity index (χ1) is 7.28. The highest BCUT2D eigenvalue weighted by atomic mass is 127. The number of hydrogen-bond donors (Lipinski definition) is 0. The molecule has 5 heteroatoms. The molecule has 2 aromatic rings. The molecule has 0 N–H and O–H groups in total. The first kappa shape index (κ1) is 10.2. The van der Waals surface area contributed by atoms with Gasteiger partial charge in [0, 0.05) is 3.57 Å². The zero-order chi connectivity index (χ0) is 10.7. The SMILES string of the molecule is O=[C]c1coc(Oc2cccc(I)c2)n1. The molecule has 0 spiro atoms. The maximum Gasteiger partial charge on any atom is 0.399 e. The molecule has 0 saturated carbocycles. The number of aromatic nitrogens is 1. The molecule has 4 nitrogen and oxygen atoms in total. The van der Waals surface area contributed by atoms with Crippen molar-refractivity contribution < 1.29 is 13.9 Å². The average molecular weight is 314 g/mol. The molecule has 15 heavy (non-hydrogen) atoms. The molecule has 1 heterocycles. The quantitative estimate of drug-likeness (QED) is 0.817. The smallest absolute Gasteiger partial charge is 0.399 e. The van der Waals surface area contributed by atoms with Crippen molar-refractivity contribution in [3.8, 4) is 11.8 Å². The molecule has 1 aromatic heterocycles. The largest absolute Gasteiger partial charge is 0.416 e. The summed E-state index contributed by atoms with van der Waals surface area (Å²) < 4.78 is 11.2. The van der Waals surface area contributed by atoms with Crippen molar-refractivity contribution in [2.75, 3.05) is 0 Å². The van der Waals surface area contributed by atoms with Crippen LogP contribution >= 0.6 is 22.6 Å². The molecule has 0 aliphatic heterocycles. The van der Waals surface area contributed by atoms with Gasteiger partial charge in [-0.2, -0.15) is 4.98 Å². The topological polar surface area (TPSA) is 52.3 Å². The van der Waals surface area contributed by atoms with Crippen LogP contribution in [0.1, 0.15) is 5.69 Å². The molecule has 75 valence electrons. The van der Waals surface area contributed by atoms with Crippen LogP contribution in [0.3, 0.4) is 0 Å². The predicted molar refractivity (Wildman–Crippen MR) is 60.5 cm³/mol. The Morgan fingerprint density at radius 3 is 3.00 bits per heavy atom. The van der Waals surface area contributed by atoms with Gasteiger partial charge in [0.2, 0.25) is 0 Å². The van der Waals surface area contributed by atoms with Gasteiger partial charge < -0.3 is 9.15 Å². The van der Waals surface area contributed by atoms with E-state index >= 15 is 0 Å². The van der Waals surface area contributed by atoms with Gasteiger partial charge in [-0.25, -0.2) is 0 Å². The molecular weight excluding hydrogens is 309 g/mol. The van der Waals surface area contributed by atoms with Crippen LogP contribution in [0.5, 0.6) is 11.8 Å². The average Bonchev–Trinajstić information content (AvgIpc) is 2.65. The Morgan fingerprint density at radius 1 is 1.47 bits per heavy atom. The van der Waals surface area contributed by atoms with Crippen LogP contribution in [0.2, 0.25) is 0 Å². The van der Waals surface area contributed by atoms with Crippen LogP contribution in [-0.2, 0) is 4.79 Å². The Bertz CT molecular complexity index is 481. The van der Waals surface area contributed by atoms with Gasteiger partial charge in [-0.1, -0.05) is 6.07 Å². The van der Waals surface area contributed by atoms with Crippen molar-refractivity contribution in [1.82, 2.24) is 4.98 Å². The fraction of sp³-hybridized carbons (Fsp3) is 0. The second-order valence-electron chi connectivity index (χ2n) is 2.66. The van der Waals surface area contributed by atoms with E-state index in [1.807, 2.05) is 18.2 Å². The van der Waals surface area contributed by atoms with Gasteiger partial charge in [0.25, 0.3) is 6.29 Å². The highest BCUT2D eigenvalue weighted by molar-refractivity contribution is 14.1. The summed E-state index contributed by atoms with van der Waals surface area (Å²) in [7, 11) is 0. The van der Waals surface area contributed by atoms with Gasteiger partial charge in [0.05, 0.1) is 0 Å². The number of rotatable bonds is 3. The van der Waals surface area contributed by atoms with Crippen LogP contribution in [0.4, 0.5) is 0 Å². The highest BCUT2D eigenvalue weighted by Gasteiger charge is 2.05. The molecule has 0 amide bonds. The van der Waals surface area contributed by atoms with Crippen molar-refractivity contribution in [2.24, 2.45) is 0 Å². The number of nitrogens with zero attached hydrogens (tertiary/aromatic N) is 1. The summed E-state index contributed by atoms with van der Waals surface area (Å²) >= 11 is 2.17. The molecule has 0 saturated heterocycles. The third-order valence-corrected chi connectivity index (χ3v) is 2.26. The predicted octanol–water partition coefficient (Wildman–Crippen LogP) is 2.53. The number of carbonyl (C=O) groups excluding carboxylic acids is 1. The van der Waals surface area contributed by atoms with E-state index in [4.69, 9.17) is 9.15 Å². The second-order valence-corrected chi connectivity index (χ2v) is 3.91. The van der Waals surface area contributed by atoms with E-state index in [0.717, 1.165) is 3.57 Å². The van der Waals surface area contributed by atoms with Crippen molar-refractivity contribution in [3.05, 3.63) is 39.8 Å². The zero-order valence-electron chi connectivity index (χ0n) is 7.44. The minimum Gasteiger partial charge on any atom is -0.416 e. The van der Waals surface area contributed by atoms with E-state index in [2.05, 4.69) is 27.6 Å². The lowest BCUT2D eigenvalue weighted by Crippen LogP contribution is -1.85. The molecular formula is C10H5INO3.